The van der Waals surface area contributed by atoms with Gasteiger partial charge in [-0.15, -0.1) is 5.10 Å². The average molecular weight is 205 g/mol. The highest BCUT2D eigenvalue weighted by Gasteiger charge is 2.31. The van der Waals surface area contributed by atoms with E-state index in [1.54, 1.807) is 26.0 Å². The molecular weight excluding hydrogens is 194 g/mol. The van der Waals surface area contributed by atoms with Gasteiger partial charge in [-0.25, -0.2) is 9.48 Å². The van der Waals surface area contributed by atoms with Gasteiger partial charge in [0.1, 0.15) is 5.52 Å². The first-order valence-electron chi connectivity index (χ1n) is 4.58. The van der Waals surface area contributed by atoms with Gasteiger partial charge in [0.2, 0.25) is 0 Å². The van der Waals surface area contributed by atoms with Crippen LogP contribution >= 0.6 is 0 Å². The number of para-hydroxylation sites is 1. The highest BCUT2D eigenvalue weighted by Crippen LogP contribution is 2.20. The SMILES string of the molecule is CC(C)(C(=O)O)n1nnc2ccccc21. The van der Waals surface area contributed by atoms with Crippen LogP contribution in [0, 0.1) is 0 Å². The van der Waals surface area contributed by atoms with Crippen molar-refractivity contribution in [2.75, 3.05) is 0 Å². The summed E-state index contributed by atoms with van der Waals surface area (Å²) >= 11 is 0. The van der Waals surface area contributed by atoms with Crippen molar-refractivity contribution in [2.24, 2.45) is 0 Å². The highest BCUT2D eigenvalue weighted by atomic mass is 16.4. The summed E-state index contributed by atoms with van der Waals surface area (Å²) in [5.41, 5.74) is 0.340. The van der Waals surface area contributed by atoms with Gasteiger partial charge in [0.25, 0.3) is 0 Å². The van der Waals surface area contributed by atoms with Gasteiger partial charge >= 0.3 is 5.97 Å². The largest absolute Gasteiger partial charge is 0.479 e. The van der Waals surface area contributed by atoms with Crippen molar-refractivity contribution in [2.45, 2.75) is 19.4 Å². The van der Waals surface area contributed by atoms with Gasteiger partial charge in [-0.2, -0.15) is 0 Å². The van der Waals surface area contributed by atoms with Gasteiger partial charge in [0, 0.05) is 0 Å². The molecule has 1 N–H and O–H groups in total. The Hall–Kier alpha value is -1.91. The highest BCUT2D eigenvalue weighted by molar-refractivity contribution is 5.80. The minimum Gasteiger partial charge on any atom is -0.479 e. The molecule has 0 aliphatic carbocycles. The second kappa shape index (κ2) is 3.05. The molecule has 2 aromatic rings. The van der Waals surface area contributed by atoms with Gasteiger partial charge in [-0.1, -0.05) is 17.3 Å². The molecule has 1 heterocycles. The maximum absolute atomic E-state index is 11.1. The number of rotatable bonds is 2. The van der Waals surface area contributed by atoms with E-state index in [4.69, 9.17) is 5.11 Å². The fourth-order valence-electron chi connectivity index (χ4n) is 1.37. The number of aromatic nitrogens is 3. The molecule has 15 heavy (non-hydrogen) atoms. The van der Waals surface area contributed by atoms with E-state index in [0.717, 1.165) is 5.52 Å². The standard InChI is InChI=1S/C10H11N3O2/c1-10(2,9(14)15)13-8-6-4-3-5-7(8)11-12-13/h3-6H,1-2H3,(H,14,15). The third-order valence-electron chi connectivity index (χ3n) is 2.40. The van der Waals surface area contributed by atoms with Crippen molar-refractivity contribution >= 4 is 17.0 Å². The predicted molar refractivity (Wildman–Crippen MR) is 54.5 cm³/mol. The van der Waals surface area contributed by atoms with Crippen molar-refractivity contribution in [3.8, 4) is 0 Å². The lowest BCUT2D eigenvalue weighted by Crippen LogP contribution is -2.36. The zero-order valence-corrected chi connectivity index (χ0v) is 8.51. The number of carboxylic acid groups (broad SMARTS) is 1. The Balaban J connectivity index is 2.67. The number of benzene rings is 1. The predicted octanol–water partition coefficient (Wildman–Crippen LogP) is 1.25. The molecule has 5 nitrogen and oxygen atoms in total. The molecule has 1 aromatic heterocycles. The molecule has 0 unspecified atom stereocenters. The second-order valence-corrected chi connectivity index (χ2v) is 3.85. The van der Waals surface area contributed by atoms with Gasteiger partial charge in [-0.05, 0) is 26.0 Å². The molecule has 0 radical (unpaired) electrons. The number of hydrogen-bond acceptors (Lipinski definition) is 3. The lowest BCUT2D eigenvalue weighted by atomic mass is 10.1. The summed E-state index contributed by atoms with van der Waals surface area (Å²) in [6.45, 7) is 3.19. The molecular formula is C10H11N3O2. The van der Waals surface area contributed by atoms with Crippen LogP contribution in [0.25, 0.3) is 11.0 Å². The third-order valence-corrected chi connectivity index (χ3v) is 2.40. The molecule has 0 atom stereocenters. The van der Waals surface area contributed by atoms with Gasteiger partial charge < -0.3 is 5.11 Å². The first-order valence-corrected chi connectivity index (χ1v) is 4.58. The molecule has 5 heteroatoms. The Labute approximate surface area is 86.3 Å². The molecule has 0 saturated heterocycles. The summed E-state index contributed by atoms with van der Waals surface area (Å²) in [7, 11) is 0. The Kier molecular flexibility index (Phi) is 1.96. The van der Waals surface area contributed by atoms with E-state index in [1.807, 2.05) is 12.1 Å². The third kappa shape index (κ3) is 1.36. The zero-order chi connectivity index (χ0) is 11.1. The summed E-state index contributed by atoms with van der Waals surface area (Å²) in [5.74, 6) is -0.932. The maximum Gasteiger partial charge on any atom is 0.331 e. The Morgan fingerprint density at radius 1 is 1.40 bits per heavy atom. The molecule has 0 saturated carbocycles. The second-order valence-electron chi connectivity index (χ2n) is 3.85. The fraction of sp³-hybridized carbons (Fsp3) is 0.300. The van der Waals surface area contributed by atoms with Crippen LogP contribution in [0.1, 0.15) is 13.8 Å². The van der Waals surface area contributed by atoms with Crippen LogP contribution < -0.4 is 0 Å². The number of hydrogen-bond donors (Lipinski definition) is 1. The number of carbonyl (C=O) groups is 1. The maximum atomic E-state index is 11.1. The molecule has 0 bridgehead atoms. The van der Waals surface area contributed by atoms with Crippen molar-refractivity contribution < 1.29 is 9.90 Å². The van der Waals surface area contributed by atoms with Gasteiger partial charge in [-0.3, -0.25) is 0 Å². The summed E-state index contributed by atoms with van der Waals surface area (Å²) in [4.78, 5) is 11.1. The first-order chi connectivity index (χ1) is 7.03. The van der Waals surface area contributed by atoms with Crippen LogP contribution in [-0.2, 0) is 10.3 Å². The molecule has 0 aliphatic rings. The lowest BCUT2D eigenvalue weighted by Gasteiger charge is -2.19. The smallest absolute Gasteiger partial charge is 0.331 e. The molecule has 0 amide bonds. The summed E-state index contributed by atoms with van der Waals surface area (Å²) < 4.78 is 1.42. The molecule has 1 aromatic carbocycles. The topological polar surface area (TPSA) is 68.0 Å². The monoisotopic (exact) mass is 205 g/mol. The quantitative estimate of drug-likeness (QED) is 0.801. The first kappa shape index (κ1) is 9.64. The minimum absolute atomic E-state index is 0.701. The van der Waals surface area contributed by atoms with E-state index < -0.39 is 11.5 Å². The summed E-state index contributed by atoms with van der Waals surface area (Å²) in [6, 6.07) is 7.28. The van der Waals surface area contributed by atoms with E-state index in [9.17, 15) is 4.79 Å². The van der Waals surface area contributed by atoms with Crippen LogP contribution in [0.4, 0.5) is 0 Å². The molecule has 78 valence electrons. The van der Waals surface area contributed by atoms with Gasteiger partial charge in [0.05, 0.1) is 5.52 Å². The van der Waals surface area contributed by atoms with E-state index >= 15 is 0 Å². The molecule has 0 fully saturated rings. The van der Waals surface area contributed by atoms with E-state index in [-0.39, 0.29) is 0 Å². The van der Waals surface area contributed by atoms with E-state index in [2.05, 4.69) is 10.3 Å². The Morgan fingerprint density at radius 3 is 2.73 bits per heavy atom. The molecule has 0 spiro atoms. The van der Waals surface area contributed by atoms with E-state index in [0.29, 0.717) is 5.52 Å². The fourth-order valence-corrected chi connectivity index (χ4v) is 1.37. The van der Waals surface area contributed by atoms with Crippen molar-refractivity contribution in [3.05, 3.63) is 24.3 Å². The van der Waals surface area contributed by atoms with E-state index in [1.165, 1.54) is 4.68 Å². The zero-order valence-electron chi connectivity index (χ0n) is 8.51. The molecule has 0 aliphatic heterocycles. The van der Waals surface area contributed by atoms with Crippen LogP contribution in [0.15, 0.2) is 24.3 Å². The lowest BCUT2D eigenvalue weighted by molar-refractivity contribution is -0.146. The van der Waals surface area contributed by atoms with Crippen molar-refractivity contribution in [1.29, 1.82) is 0 Å². The van der Waals surface area contributed by atoms with Crippen LogP contribution in [-0.4, -0.2) is 26.1 Å². The van der Waals surface area contributed by atoms with Crippen molar-refractivity contribution in [3.63, 3.8) is 0 Å². The average Bonchev–Trinajstić information content (AvgIpc) is 2.61. The van der Waals surface area contributed by atoms with Crippen molar-refractivity contribution in [1.82, 2.24) is 15.0 Å². The minimum atomic E-state index is -1.09. The van der Waals surface area contributed by atoms with Crippen LogP contribution in [0.5, 0.6) is 0 Å². The number of aliphatic carboxylic acids is 1. The summed E-state index contributed by atoms with van der Waals surface area (Å²) in [5, 5.41) is 16.9. The molecule has 2 rings (SSSR count). The number of nitrogens with zero attached hydrogens (tertiary/aromatic N) is 3. The normalized spacial score (nSPS) is 11.9. The summed E-state index contributed by atoms with van der Waals surface area (Å²) in [6.07, 6.45) is 0. The number of fused-ring (bicyclic) bond motifs is 1. The Bertz CT molecular complexity index is 516. The number of carboxylic acids is 1. The van der Waals surface area contributed by atoms with Crippen LogP contribution in [0.3, 0.4) is 0 Å². The van der Waals surface area contributed by atoms with Crippen LogP contribution in [0.2, 0.25) is 0 Å². The Morgan fingerprint density at radius 2 is 2.07 bits per heavy atom. The van der Waals surface area contributed by atoms with Gasteiger partial charge in [0.15, 0.2) is 5.54 Å².